The Bertz CT molecular complexity index is 469. The van der Waals surface area contributed by atoms with Crippen molar-refractivity contribution >= 4 is 12.2 Å². The highest BCUT2D eigenvalue weighted by atomic mass is 16.5. The van der Waals surface area contributed by atoms with Crippen molar-refractivity contribution in [3.8, 4) is 11.5 Å². The first-order valence-corrected chi connectivity index (χ1v) is 6.28. The number of amides is 1. The molecular formula is C14H17NO4. The molecular weight excluding hydrogens is 246 g/mol. The van der Waals surface area contributed by atoms with Crippen molar-refractivity contribution in [1.29, 1.82) is 0 Å². The first kappa shape index (κ1) is 13.4. The fourth-order valence-corrected chi connectivity index (χ4v) is 1.66. The molecule has 102 valence electrons. The quantitative estimate of drug-likeness (QED) is 0.758. The van der Waals surface area contributed by atoms with Gasteiger partial charge in [0.2, 0.25) is 5.91 Å². The molecule has 1 amide bonds. The van der Waals surface area contributed by atoms with Gasteiger partial charge in [-0.05, 0) is 31.0 Å². The number of hydrogen-bond donors (Lipinski definition) is 1. The van der Waals surface area contributed by atoms with E-state index < -0.39 is 0 Å². The van der Waals surface area contributed by atoms with Crippen LogP contribution in [-0.4, -0.2) is 32.0 Å². The van der Waals surface area contributed by atoms with Gasteiger partial charge in [0.1, 0.15) is 6.29 Å². The molecule has 1 N–H and O–H groups in total. The minimum Gasteiger partial charge on any atom is -0.493 e. The van der Waals surface area contributed by atoms with E-state index in [2.05, 4.69) is 5.32 Å². The van der Waals surface area contributed by atoms with Crippen molar-refractivity contribution in [2.24, 2.45) is 0 Å². The topological polar surface area (TPSA) is 64.6 Å². The fraction of sp³-hybridized carbons (Fsp3) is 0.429. The first-order chi connectivity index (χ1) is 9.22. The first-order valence-electron chi connectivity index (χ1n) is 6.28. The summed E-state index contributed by atoms with van der Waals surface area (Å²) in [6, 6.07) is 5.29. The van der Waals surface area contributed by atoms with E-state index in [1.54, 1.807) is 18.2 Å². The van der Waals surface area contributed by atoms with Gasteiger partial charge in [-0.1, -0.05) is 0 Å². The van der Waals surface area contributed by atoms with Crippen molar-refractivity contribution in [3.05, 3.63) is 23.8 Å². The molecule has 0 aliphatic heterocycles. The number of hydrogen-bond acceptors (Lipinski definition) is 4. The molecule has 1 aromatic rings. The van der Waals surface area contributed by atoms with E-state index in [4.69, 9.17) is 9.47 Å². The second kappa shape index (κ2) is 6.22. The van der Waals surface area contributed by atoms with Gasteiger partial charge in [0.25, 0.3) is 0 Å². The van der Waals surface area contributed by atoms with Crippen molar-refractivity contribution in [2.45, 2.75) is 25.3 Å². The van der Waals surface area contributed by atoms with Gasteiger partial charge in [0.05, 0.1) is 20.1 Å². The number of rotatable bonds is 7. The van der Waals surface area contributed by atoms with Gasteiger partial charge in [0.15, 0.2) is 11.5 Å². The van der Waals surface area contributed by atoms with Crippen LogP contribution in [-0.2, 0) is 4.79 Å². The molecule has 1 saturated carbocycles. The zero-order valence-corrected chi connectivity index (χ0v) is 10.8. The number of methoxy groups -OCH3 is 1. The average molecular weight is 263 g/mol. The van der Waals surface area contributed by atoms with Crippen LogP contribution in [0.15, 0.2) is 18.2 Å². The van der Waals surface area contributed by atoms with Gasteiger partial charge in [-0.25, -0.2) is 0 Å². The van der Waals surface area contributed by atoms with E-state index in [0.717, 1.165) is 19.1 Å². The van der Waals surface area contributed by atoms with E-state index in [1.165, 1.54) is 7.11 Å². The molecule has 1 aliphatic rings. The lowest BCUT2D eigenvalue weighted by atomic mass is 10.2. The Labute approximate surface area is 111 Å². The molecule has 1 fully saturated rings. The molecule has 19 heavy (non-hydrogen) atoms. The van der Waals surface area contributed by atoms with Crippen LogP contribution in [0.1, 0.15) is 29.6 Å². The standard InChI is InChI=1S/C14H17NO4/c1-18-13-8-10(9-16)2-5-12(13)19-7-6-14(17)15-11-3-4-11/h2,5,8-9,11H,3-4,6-7H2,1H3,(H,15,17). The Morgan fingerprint density at radius 2 is 2.21 bits per heavy atom. The number of carbonyl (C=O) groups is 2. The molecule has 0 aromatic heterocycles. The second-order valence-corrected chi connectivity index (χ2v) is 4.47. The van der Waals surface area contributed by atoms with Crippen LogP contribution in [0.25, 0.3) is 0 Å². The summed E-state index contributed by atoms with van der Waals surface area (Å²) >= 11 is 0. The summed E-state index contributed by atoms with van der Waals surface area (Å²) in [7, 11) is 1.51. The number of carbonyl (C=O) groups excluding carboxylic acids is 2. The minimum atomic E-state index is 0.00554. The smallest absolute Gasteiger partial charge is 0.223 e. The molecule has 5 nitrogen and oxygen atoms in total. The second-order valence-electron chi connectivity index (χ2n) is 4.47. The molecule has 5 heteroatoms. The number of nitrogens with one attached hydrogen (secondary N) is 1. The van der Waals surface area contributed by atoms with Crippen LogP contribution >= 0.6 is 0 Å². The zero-order valence-electron chi connectivity index (χ0n) is 10.8. The van der Waals surface area contributed by atoms with E-state index in [0.29, 0.717) is 29.5 Å². The van der Waals surface area contributed by atoms with Crippen LogP contribution in [0.4, 0.5) is 0 Å². The molecule has 0 heterocycles. The third-order valence-electron chi connectivity index (χ3n) is 2.85. The summed E-state index contributed by atoms with van der Waals surface area (Å²) in [4.78, 5) is 22.1. The summed E-state index contributed by atoms with van der Waals surface area (Å²) in [5.74, 6) is 1.03. The van der Waals surface area contributed by atoms with Gasteiger partial charge in [0, 0.05) is 11.6 Å². The third kappa shape index (κ3) is 3.98. The predicted molar refractivity (Wildman–Crippen MR) is 69.7 cm³/mol. The molecule has 0 bridgehead atoms. The Morgan fingerprint density at radius 3 is 2.84 bits per heavy atom. The van der Waals surface area contributed by atoms with Crippen molar-refractivity contribution < 1.29 is 19.1 Å². The molecule has 0 unspecified atom stereocenters. The van der Waals surface area contributed by atoms with Crippen molar-refractivity contribution in [2.75, 3.05) is 13.7 Å². The van der Waals surface area contributed by atoms with E-state index in [9.17, 15) is 9.59 Å². The molecule has 2 rings (SSSR count). The number of aldehydes is 1. The third-order valence-corrected chi connectivity index (χ3v) is 2.85. The predicted octanol–water partition coefficient (Wildman–Crippen LogP) is 1.56. The van der Waals surface area contributed by atoms with Gasteiger partial charge >= 0.3 is 0 Å². The van der Waals surface area contributed by atoms with Crippen LogP contribution in [0.5, 0.6) is 11.5 Å². The summed E-state index contributed by atoms with van der Waals surface area (Å²) < 4.78 is 10.6. The van der Waals surface area contributed by atoms with Gasteiger partial charge in [-0.15, -0.1) is 0 Å². The van der Waals surface area contributed by atoms with E-state index >= 15 is 0 Å². The van der Waals surface area contributed by atoms with Gasteiger partial charge in [-0.3, -0.25) is 9.59 Å². The molecule has 1 aliphatic carbocycles. The average Bonchev–Trinajstić information content (AvgIpc) is 3.22. The van der Waals surface area contributed by atoms with Crippen molar-refractivity contribution in [1.82, 2.24) is 5.32 Å². The molecule has 1 aromatic carbocycles. The maximum atomic E-state index is 11.5. The minimum absolute atomic E-state index is 0.00554. The summed E-state index contributed by atoms with van der Waals surface area (Å²) in [6.07, 6.45) is 3.21. The van der Waals surface area contributed by atoms with Crippen LogP contribution in [0, 0.1) is 0 Å². The molecule has 0 radical (unpaired) electrons. The maximum absolute atomic E-state index is 11.5. The fourth-order valence-electron chi connectivity index (χ4n) is 1.66. The number of benzene rings is 1. The summed E-state index contributed by atoms with van der Waals surface area (Å²) in [5, 5.41) is 2.89. The highest BCUT2D eigenvalue weighted by molar-refractivity contribution is 5.77. The Hall–Kier alpha value is -2.04. The lowest BCUT2D eigenvalue weighted by Gasteiger charge is -2.11. The summed E-state index contributed by atoms with van der Waals surface area (Å²) in [5.41, 5.74) is 0.524. The Morgan fingerprint density at radius 1 is 1.42 bits per heavy atom. The van der Waals surface area contributed by atoms with Crippen LogP contribution in [0.3, 0.4) is 0 Å². The van der Waals surface area contributed by atoms with E-state index in [-0.39, 0.29) is 12.5 Å². The SMILES string of the molecule is COc1cc(C=O)ccc1OCCC(=O)NC1CC1. The monoisotopic (exact) mass is 263 g/mol. The van der Waals surface area contributed by atoms with Crippen molar-refractivity contribution in [3.63, 3.8) is 0 Å². The molecule has 0 spiro atoms. The van der Waals surface area contributed by atoms with Gasteiger partial charge in [-0.2, -0.15) is 0 Å². The molecule has 0 atom stereocenters. The largest absolute Gasteiger partial charge is 0.493 e. The normalized spacial score (nSPS) is 13.7. The van der Waals surface area contributed by atoms with Crippen LogP contribution < -0.4 is 14.8 Å². The lowest BCUT2D eigenvalue weighted by molar-refractivity contribution is -0.121. The lowest BCUT2D eigenvalue weighted by Crippen LogP contribution is -2.26. The van der Waals surface area contributed by atoms with Gasteiger partial charge < -0.3 is 14.8 Å². The van der Waals surface area contributed by atoms with Crippen LogP contribution in [0.2, 0.25) is 0 Å². The number of ether oxygens (including phenoxy) is 2. The Kier molecular flexibility index (Phi) is 4.39. The highest BCUT2D eigenvalue weighted by Gasteiger charge is 2.22. The highest BCUT2D eigenvalue weighted by Crippen LogP contribution is 2.27. The Balaban J connectivity index is 1.84. The molecule has 0 saturated heterocycles. The van der Waals surface area contributed by atoms with E-state index in [1.807, 2.05) is 0 Å². The summed E-state index contributed by atoms with van der Waals surface area (Å²) in [6.45, 7) is 0.287. The zero-order chi connectivity index (χ0) is 13.7. The maximum Gasteiger partial charge on any atom is 0.223 e.